The fourth-order valence-electron chi connectivity index (χ4n) is 2.17. The van der Waals surface area contributed by atoms with Gasteiger partial charge in [-0.1, -0.05) is 23.9 Å². The van der Waals surface area contributed by atoms with Crippen molar-refractivity contribution in [3.05, 3.63) is 64.5 Å². The smallest absolute Gasteiger partial charge is 0.259 e. The van der Waals surface area contributed by atoms with Gasteiger partial charge in [-0.25, -0.2) is 13.8 Å². The van der Waals surface area contributed by atoms with Crippen LogP contribution in [0.15, 0.2) is 52.4 Å². The van der Waals surface area contributed by atoms with E-state index in [9.17, 15) is 18.4 Å². The first-order chi connectivity index (χ1) is 11.9. The highest BCUT2D eigenvalue weighted by Gasteiger charge is 2.18. The number of fused-ring (bicyclic) bond motifs is 1. The number of carbonyl (C=O) groups is 1. The predicted octanol–water partition coefficient (Wildman–Crippen LogP) is 3.32. The Balaban J connectivity index is 1.77. The lowest BCUT2D eigenvalue weighted by Crippen LogP contribution is -2.24. The minimum atomic E-state index is -0.732. The maximum atomic E-state index is 13.6. The van der Waals surface area contributed by atoms with Crippen molar-refractivity contribution in [3.8, 4) is 0 Å². The lowest BCUT2D eigenvalue weighted by Gasteiger charge is -2.12. The number of aromatic nitrogens is 2. The van der Waals surface area contributed by atoms with E-state index in [1.807, 2.05) is 0 Å². The molecule has 1 atom stereocenters. The van der Waals surface area contributed by atoms with Gasteiger partial charge in [-0.3, -0.25) is 9.59 Å². The molecule has 1 unspecified atom stereocenters. The number of nitrogens with one attached hydrogen (secondary N) is 2. The first kappa shape index (κ1) is 17.1. The van der Waals surface area contributed by atoms with Crippen LogP contribution in [0.5, 0.6) is 0 Å². The maximum absolute atomic E-state index is 13.6. The summed E-state index contributed by atoms with van der Waals surface area (Å²) in [5.41, 5.74) is -0.0353. The molecule has 8 heteroatoms. The molecule has 0 spiro atoms. The molecule has 0 saturated heterocycles. The molecule has 0 aliphatic rings. The lowest BCUT2D eigenvalue weighted by molar-refractivity contribution is -0.115. The summed E-state index contributed by atoms with van der Waals surface area (Å²) in [7, 11) is 0. The molecule has 5 nitrogen and oxygen atoms in total. The fraction of sp³-hybridized carbons (Fsp3) is 0.118. The Morgan fingerprint density at radius 1 is 1.24 bits per heavy atom. The van der Waals surface area contributed by atoms with Gasteiger partial charge in [-0.05, 0) is 31.2 Å². The second-order valence-corrected chi connectivity index (χ2v) is 6.59. The molecule has 0 radical (unpaired) electrons. The average molecular weight is 361 g/mol. The Bertz CT molecular complexity index is 1010. The van der Waals surface area contributed by atoms with Gasteiger partial charge in [0.1, 0.15) is 11.6 Å². The fourth-order valence-corrected chi connectivity index (χ4v) is 2.97. The zero-order valence-electron chi connectivity index (χ0n) is 13.0. The van der Waals surface area contributed by atoms with Gasteiger partial charge in [-0.2, -0.15) is 0 Å². The maximum Gasteiger partial charge on any atom is 0.259 e. The molecule has 1 heterocycles. The van der Waals surface area contributed by atoms with Gasteiger partial charge in [0.15, 0.2) is 5.16 Å². The second kappa shape index (κ2) is 7.02. The molecular formula is C17H13F2N3O2S. The number of hydrogen-bond acceptors (Lipinski definition) is 4. The Morgan fingerprint density at radius 3 is 2.80 bits per heavy atom. The third-order valence-electron chi connectivity index (χ3n) is 3.44. The van der Waals surface area contributed by atoms with Gasteiger partial charge in [0.25, 0.3) is 5.56 Å². The summed E-state index contributed by atoms with van der Waals surface area (Å²) in [6.45, 7) is 1.58. The van der Waals surface area contributed by atoms with Crippen molar-refractivity contribution in [1.82, 2.24) is 9.97 Å². The zero-order valence-corrected chi connectivity index (χ0v) is 13.9. The Morgan fingerprint density at radius 2 is 2.00 bits per heavy atom. The van der Waals surface area contributed by atoms with E-state index in [1.165, 1.54) is 0 Å². The number of rotatable bonds is 4. The zero-order chi connectivity index (χ0) is 18.0. The van der Waals surface area contributed by atoms with Crippen LogP contribution >= 0.6 is 11.8 Å². The van der Waals surface area contributed by atoms with Crippen LogP contribution < -0.4 is 10.9 Å². The molecule has 2 N–H and O–H groups in total. The minimum Gasteiger partial charge on any atom is -0.323 e. The van der Waals surface area contributed by atoms with Gasteiger partial charge >= 0.3 is 0 Å². The van der Waals surface area contributed by atoms with Crippen molar-refractivity contribution in [2.75, 3.05) is 5.32 Å². The van der Waals surface area contributed by atoms with Gasteiger partial charge in [0.05, 0.1) is 21.8 Å². The van der Waals surface area contributed by atoms with E-state index in [0.717, 1.165) is 30.0 Å². The van der Waals surface area contributed by atoms with Crippen molar-refractivity contribution >= 4 is 34.3 Å². The molecule has 1 aromatic heterocycles. The number of halogens is 2. The van der Waals surface area contributed by atoms with Crippen LogP contribution in [0.4, 0.5) is 14.5 Å². The molecule has 1 amide bonds. The molecule has 0 aliphatic heterocycles. The number of H-pyrrole nitrogens is 1. The molecular weight excluding hydrogens is 348 g/mol. The molecule has 0 fully saturated rings. The SMILES string of the molecule is CC(Sc1nc2ccccc2c(=O)[nH]1)C(=O)Nc1cc(F)ccc1F. The number of thioether (sulfide) groups is 1. The van der Waals surface area contributed by atoms with Gasteiger partial charge in [-0.15, -0.1) is 0 Å². The molecule has 0 saturated carbocycles. The van der Waals surface area contributed by atoms with Crippen LogP contribution in [-0.4, -0.2) is 21.1 Å². The highest BCUT2D eigenvalue weighted by Crippen LogP contribution is 2.22. The van der Waals surface area contributed by atoms with Crippen LogP contribution in [0.2, 0.25) is 0 Å². The number of nitrogens with zero attached hydrogens (tertiary/aromatic N) is 1. The van der Waals surface area contributed by atoms with E-state index >= 15 is 0 Å². The number of carbonyl (C=O) groups excluding carboxylic acids is 1. The van der Waals surface area contributed by atoms with Crippen LogP contribution in [0.3, 0.4) is 0 Å². The first-order valence-corrected chi connectivity index (χ1v) is 8.23. The predicted molar refractivity (Wildman–Crippen MR) is 92.7 cm³/mol. The van der Waals surface area contributed by atoms with Crippen molar-refractivity contribution in [1.29, 1.82) is 0 Å². The molecule has 0 bridgehead atoms. The number of benzene rings is 2. The summed E-state index contributed by atoms with van der Waals surface area (Å²) >= 11 is 1.02. The van der Waals surface area contributed by atoms with E-state index < -0.39 is 22.8 Å². The van der Waals surface area contributed by atoms with Gasteiger partial charge in [0, 0.05) is 6.07 Å². The summed E-state index contributed by atoms with van der Waals surface area (Å²) in [5.74, 6) is -1.92. The third-order valence-corrected chi connectivity index (χ3v) is 4.42. The average Bonchev–Trinajstić information content (AvgIpc) is 2.58. The molecule has 2 aromatic carbocycles. The van der Waals surface area contributed by atoms with Crippen molar-refractivity contribution in [2.24, 2.45) is 0 Å². The molecule has 25 heavy (non-hydrogen) atoms. The van der Waals surface area contributed by atoms with Crippen molar-refractivity contribution < 1.29 is 13.6 Å². The monoisotopic (exact) mass is 361 g/mol. The molecule has 0 aliphatic carbocycles. The van der Waals surface area contributed by atoms with E-state index in [-0.39, 0.29) is 16.4 Å². The molecule has 128 valence electrons. The third kappa shape index (κ3) is 3.85. The molecule has 3 rings (SSSR count). The van der Waals surface area contributed by atoms with Crippen LogP contribution in [0.25, 0.3) is 10.9 Å². The summed E-state index contributed by atoms with van der Waals surface area (Å²) in [5, 5.41) is 2.36. The minimum absolute atomic E-state index is 0.239. The Hall–Kier alpha value is -2.74. The van der Waals surface area contributed by atoms with E-state index in [0.29, 0.717) is 10.9 Å². The second-order valence-electron chi connectivity index (χ2n) is 5.26. The number of amides is 1. The highest BCUT2D eigenvalue weighted by molar-refractivity contribution is 8.00. The van der Waals surface area contributed by atoms with E-state index in [1.54, 1.807) is 31.2 Å². The number of hydrogen-bond donors (Lipinski definition) is 2. The van der Waals surface area contributed by atoms with Crippen molar-refractivity contribution in [2.45, 2.75) is 17.3 Å². The quantitative estimate of drug-likeness (QED) is 0.552. The van der Waals surface area contributed by atoms with Gasteiger partial charge < -0.3 is 10.3 Å². The normalized spacial score (nSPS) is 12.1. The number of para-hydroxylation sites is 1. The van der Waals surface area contributed by atoms with Crippen molar-refractivity contribution in [3.63, 3.8) is 0 Å². The van der Waals surface area contributed by atoms with E-state index in [4.69, 9.17) is 0 Å². The largest absolute Gasteiger partial charge is 0.323 e. The topological polar surface area (TPSA) is 74.8 Å². The Labute approximate surface area is 145 Å². The summed E-state index contributed by atoms with van der Waals surface area (Å²) in [6.07, 6.45) is 0. The number of aromatic amines is 1. The summed E-state index contributed by atoms with van der Waals surface area (Å²) in [4.78, 5) is 31.1. The highest BCUT2D eigenvalue weighted by atomic mass is 32.2. The van der Waals surface area contributed by atoms with Gasteiger partial charge in [0.2, 0.25) is 5.91 Å². The lowest BCUT2D eigenvalue weighted by atomic mass is 10.2. The van der Waals surface area contributed by atoms with Crippen LogP contribution in [-0.2, 0) is 4.79 Å². The summed E-state index contributed by atoms with van der Waals surface area (Å²) < 4.78 is 26.8. The standard InChI is InChI=1S/C17H13F2N3O2S/c1-9(15(23)20-14-8-10(18)6-7-12(14)19)25-17-21-13-5-3-2-4-11(13)16(24)22-17/h2-9H,1H3,(H,20,23)(H,21,22,24). The van der Waals surface area contributed by atoms with Crippen LogP contribution in [0.1, 0.15) is 6.92 Å². The number of anilines is 1. The van der Waals surface area contributed by atoms with Crippen LogP contribution in [0, 0.1) is 11.6 Å². The first-order valence-electron chi connectivity index (χ1n) is 7.35. The Kier molecular flexibility index (Phi) is 4.80. The molecule has 3 aromatic rings. The van der Waals surface area contributed by atoms with E-state index in [2.05, 4.69) is 15.3 Å². The summed E-state index contributed by atoms with van der Waals surface area (Å²) in [6, 6.07) is 9.64.